The van der Waals surface area contributed by atoms with E-state index in [1.54, 1.807) is 18.2 Å². The Kier molecular flexibility index (Phi) is 4.46. The van der Waals surface area contributed by atoms with Gasteiger partial charge in [0, 0.05) is 22.3 Å². The summed E-state index contributed by atoms with van der Waals surface area (Å²) in [6.45, 7) is 2.91. The molecule has 0 aromatic heterocycles. The molecule has 1 aliphatic heterocycles. The third-order valence-electron chi connectivity index (χ3n) is 3.61. The van der Waals surface area contributed by atoms with E-state index in [1.165, 1.54) is 17.8 Å². The summed E-state index contributed by atoms with van der Waals surface area (Å²) >= 11 is 1.53. The topological polar surface area (TPSA) is 59.0 Å². The van der Waals surface area contributed by atoms with E-state index in [9.17, 15) is 4.39 Å². The fraction of sp³-hybridized carbons (Fsp3) is 0.500. The van der Waals surface area contributed by atoms with Gasteiger partial charge in [-0.25, -0.2) is 4.39 Å². The number of thioether (sulfide) groups is 1. The van der Waals surface area contributed by atoms with E-state index >= 15 is 0 Å². The summed E-state index contributed by atoms with van der Waals surface area (Å²) in [7, 11) is 0. The number of hydrogen-bond donors (Lipinski definition) is 1. The molecular weight excluding hydrogens is 263 g/mol. The second-order valence-electron chi connectivity index (χ2n) is 4.91. The van der Waals surface area contributed by atoms with Crippen molar-refractivity contribution in [3.8, 4) is 6.07 Å². The minimum Gasteiger partial charge on any atom is -0.380 e. The highest BCUT2D eigenvalue weighted by Gasteiger charge is 2.42. The zero-order valence-electron chi connectivity index (χ0n) is 10.8. The summed E-state index contributed by atoms with van der Waals surface area (Å²) in [6.07, 6.45) is 0. The van der Waals surface area contributed by atoms with Gasteiger partial charge >= 0.3 is 0 Å². The van der Waals surface area contributed by atoms with Crippen LogP contribution in [0.2, 0.25) is 0 Å². The molecule has 1 saturated heterocycles. The maximum absolute atomic E-state index is 13.9. The molecule has 5 heteroatoms. The predicted molar refractivity (Wildman–Crippen MR) is 74.1 cm³/mol. The summed E-state index contributed by atoms with van der Waals surface area (Å²) in [4.78, 5) is 0. The Balaban J connectivity index is 2.23. The zero-order valence-corrected chi connectivity index (χ0v) is 11.6. The Morgan fingerprint density at radius 1 is 1.53 bits per heavy atom. The summed E-state index contributed by atoms with van der Waals surface area (Å²) < 4.78 is 19.4. The van der Waals surface area contributed by atoms with Gasteiger partial charge < -0.3 is 10.5 Å². The Labute approximate surface area is 116 Å². The number of nitrogens with two attached hydrogens (primary N) is 1. The van der Waals surface area contributed by atoms with Gasteiger partial charge in [-0.05, 0) is 13.0 Å². The molecule has 1 fully saturated rings. The van der Waals surface area contributed by atoms with Gasteiger partial charge in [0.2, 0.25) is 0 Å². The van der Waals surface area contributed by atoms with Gasteiger partial charge in [-0.3, -0.25) is 0 Å². The van der Waals surface area contributed by atoms with Crippen LogP contribution in [0, 0.1) is 23.1 Å². The zero-order chi connectivity index (χ0) is 13.9. The lowest BCUT2D eigenvalue weighted by Gasteiger charge is -2.34. The quantitative estimate of drug-likeness (QED) is 0.919. The molecule has 1 aromatic rings. The fourth-order valence-electron chi connectivity index (χ4n) is 2.50. The molecule has 19 heavy (non-hydrogen) atoms. The van der Waals surface area contributed by atoms with Crippen LogP contribution in [-0.4, -0.2) is 24.2 Å². The number of nitriles is 1. The molecule has 0 bridgehead atoms. The highest BCUT2D eigenvalue weighted by Crippen LogP contribution is 2.38. The normalized spacial score (nSPS) is 25.8. The lowest BCUT2D eigenvalue weighted by atomic mass is 9.79. The van der Waals surface area contributed by atoms with Crippen LogP contribution in [0.3, 0.4) is 0 Å². The van der Waals surface area contributed by atoms with Crippen molar-refractivity contribution in [3.05, 3.63) is 35.6 Å². The Morgan fingerprint density at radius 2 is 2.26 bits per heavy atom. The van der Waals surface area contributed by atoms with Crippen molar-refractivity contribution >= 4 is 11.8 Å². The van der Waals surface area contributed by atoms with Crippen molar-refractivity contribution in [1.82, 2.24) is 0 Å². The van der Waals surface area contributed by atoms with Gasteiger partial charge in [0.1, 0.15) is 5.82 Å². The molecule has 0 amide bonds. The van der Waals surface area contributed by atoms with Crippen molar-refractivity contribution < 1.29 is 9.13 Å². The summed E-state index contributed by atoms with van der Waals surface area (Å²) in [6, 6.07) is 8.70. The van der Waals surface area contributed by atoms with E-state index in [2.05, 4.69) is 6.07 Å². The van der Waals surface area contributed by atoms with Gasteiger partial charge in [0.05, 0.1) is 25.0 Å². The largest absolute Gasteiger partial charge is 0.380 e. The summed E-state index contributed by atoms with van der Waals surface area (Å²) in [5, 5.41) is 8.81. The van der Waals surface area contributed by atoms with E-state index in [-0.39, 0.29) is 17.0 Å². The number of halogens is 1. The Morgan fingerprint density at radius 3 is 2.95 bits per heavy atom. The minimum absolute atomic E-state index is 0.00255. The number of benzene rings is 1. The fourth-order valence-corrected chi connectivity index (χ4v) is 3.57. The molecule has 3 atom stereocenters. The molecule has 3 nitrogen and oxygen atoms in total. The molecular formula is C14H17FN2OS. The number of hydrogen-bond acceptors (Lipinski definition) is 4. The number of ether oxygens (including phenoxy) is 1. The van der Waals surface area contributed by atoms with Crippen LogP contribution >= 0.6 is 11.8 Å². The third-order valence-corrected chi connectivity index (χ3v) is 4.80. The molecule has 3 unspecified atom stereocenters. The highest BCUT2D eigenvalue weighted by atomic mass is 32.2. The van der Waals surface area contributed by atoms with Crippen LogP contribution in [0.25, 0.3) is 0 Å². The SMILES string of the molecule is CC(N)(c1ccccc1F)C1COCC1SCC#N. The first-order valence-corrected chi connectivity index (χ1v) is 7.22. The average molecular weight is 280 g/mol. The van der Waals surface area contributed by atoms with Crippen LogP contribution in [0.5, 0.6) is 0 Å². The molecule has 0 spiro atoms. The monoisotopic (exact) mass is 280 g/mol. The lowest BCUT2D eigenvalue weighted by Crippen LogP contribution is -2.46. The lowest BCUT2D eigenvalue weighted by molar-refractivity contribution is 0.165. The van der Waals surface area contributed by atoms with Crippen molar-refractivity contribution in [2.45, 2.75) is 17.7 Å². The van der Waals surface area contributed by atoms with Crippen LogP contribution in [-0.2, 0) is 10.3 Å². The van der Waals surface area contributed by atoms with Crippen molar-refractivity contribution in [2.75, 3.05) is 19.0 Å². The molecule has 0 radical (unpaired) electrons. The summed E-state index contributed by atoms with van der Waals surface area (Å²) in [5.41, 5.74) is 6.10. The second-order valence-corrected chi connectivity index (χ2v) is 6.14. The van der Waals surface area contributed by atoms with E-state index in [0.29, 0.717) is 24.5 Å². The second kappa shape index (κ2) is 5.91. The molecule has 0 saturated carbocycles. The Hall–Kier alpha value is -1.09. The van der Waals surface area contributed by atoms with E-state index < -0.39 is 5.54 Å². The first-order chi connectivity index (χ1) is 9.07. The Bertz CT molecular complexity index is 487. The predicted octanol–water partition coefficient (Wildman–Crippen LogP) is 2.27. The highest BCUT2D eigenvalue weighted by molar-refractivity contribution is 8.00. The van der Waals surface area contributed by atoms with E-state index in [0.717, 1.165) is 0 Å². The van der Waals surface area contributed by atoms with Gasteiger partial charge in [-0.15, -0.1) is 11.8 Å². The van der Waals surface area contributed by atoms with Crippen LogP contribution < -0.4 is 5.73 Å². The molecule has 2 rings (SSSR count). The van der Waals surface area contributed by atoms with Gasteiger partial charge in [-0.1, -0.05) is 18.2 Å². The van der Waals surface area contributed by atoms with Gasteiger partial charge in [0.25, 0.3) is 0 Å². The molecule has 102 valence electrons. The number of rotatable bonds is 4. The molecule has 1 aromatic carbocycles. The van der Waals surface area contributed by atoms with Crippen LogP contribution in [0.4, 0.5) is 4.39 Å². The van der Waals surface area contributed by atoms with Crippen LogP contribution in [0.15, 0.2) is 24.3 Å². The smallest absolute Gasteiger partial charge is 0.128 e. The first-order valence-electron chi connectivity index (χ1n) is 6.17. The molecule has 1 aliphatic rings. The van der Waals surface area contributed by atoms with Crippen LogP contribution in [0.1, 0.15) is 12.5 Å². The molecule has 1 heterocycles. The average Bonchev–Trinajstić information content (AvgIpc) is 2.85. The first kappa shape index (κ1) is 14.3. The standard InChI is InChI=1S/C14H17FN2OS/c1-14(17,10-4-2-3-5-12(10)15)11-8-18-9-13(11)19-7-6-16/h2-5,11,13H,7-9,17H2,1H3. The number of nitrogens with zero attached hydrogens (tertiary/aromatic N) is 1. The molecule has 2 N–H and O–H groups in total. The molecule has 0 aliphatic carbocycles. The van der Waals surface area contributed by atoms with Gasteiger partial charge in [0.15, 0.2) is 0 Å². The van der Waals surface area contributed by atoms with E-state index in [1.807, 2.05) is 6.92 Å². The van der Waals surface area contributed by atoms with E-state index in [4.69, 9.17) is 15.7 Å². The minimum atomic E-state index is -0.797. The third kappa shape index (κ3) is 2.92. The maximum Gasteiger partial charge on any atom is 0.128 e. The summed E-state index contributed by atoms with van der Waals surface area (Å²) in [5.74, 6) is 0.115. The maximum atomic E-state index is 13.9. The van der Waals surface area contributed by atoms with Crippen molar-refractivity contribution in [3.63, 3.8) is 0 Å². The van der Waals surface area contributed by atoms with Crippen molar-refractivity contribution in [2.24, 2.45) is 11.7 Å². The van der Waals surface area contributed by atoms with Crippen molar-refractivity contribution in [1.29, 1.82) is 5.26 Å². The van der Waals surface area contributed by atoms with Gasteiger partial charge in [-0.2, -0.15) is 5.26 Å².